The van der Waals surface area contributed by atoms with Crippen LogP contribution < -0.4 is 4.74 Å². The summed E-state index contributed by atoms with van der Waals surface area (Å²) in [5.74, 6) is 0. The second kappa shape index (κ2) is 4.05. The van der Waals surface area contributed by atoms with Gasteiger partial charge in [-0.15, -0.1) is 12.4 Å². The van der Waals surface area contributed by atoms with Crippen molar-refractivity contribution in [3.05, 3.63) is 30.5 Å². The minimum Gasteiger partial charge on any atom is -0.467 e. The molecule has 0 radical (unpaired) electrons. The average molecular weight is 197 g/mol. The van der Waals surface area contributed by atoms with Crippen LogP contribution in [-0.2, 0) is 0 Å². The van der Waals surface area contributed by atoms with E-state index in [9.17, 15) is 0 Å². The van der Waals surface area contributed by atoms with Crippen molar-refractivity contribution in [3.63, 3.8) is 0 Å². The summed E-state index contributed by atoms with van der Waals surface area (Å²) in [6.45, 7) is 0. The molecule has 0 N–H and O–H groups in total. The molecule has 13 heavy (non-hydrogen) atoms. The summed E-state index contributed by atoms with van der Waals surface area (Å²) in [5.41, 5.74) is 0.907. The third-order valence-corrected chi connectivity index (χ3v) is 1.65. The maximum absolute atomic E-state index is 4.90. The number of ether oxygens (including phenoxy) is 1. The van der Waals surface area contributed by atoms with E-state index in [4.69, 9.17) is 4.74 Å². The highest BCUT2D eigenvalue weighted by Crippen LogP contribution is 2.11. The largest absolute Gasteiger partial charge is 0.467 e. The SMILES string of the molecule is COc1ncc2ccccc2n1.Cl. The first-order valence-corrected chi connectivity index (χ1v) is 3.66. The molecule has 0 amide bonds. The summed E-state index contributed by atoms with van der Waals surface area (Å²) in [6, 6.07) is 8.20. The molecule has 0 bridgehead atoms. The fourth-order valence-corrected chi connectivity index (χ4v) is 1.05. The van der Waals surface area contributed by atoms with Gasteiger partial charge in [-0.2, -0.15) is 4.98 Å². The van der Waals surface area contributed by atoms with Crippen LogP contribution in [0.4, 0.5) is 0 Å². The average Bonchev–Trinajstić information content (AvgIpc) is 2.17. The third kappa shape index (κ3) is 1.87. The lowest BCUT2D eigenvalue weighted by molar-refractivity contribution is 0.382. The van der Waals surface area contributed by atoms with Gasteiger partial charge in [0.25, 0.3) is 0 Å². The number of para-hydroxylation sites is 1. The number of hydrogen-bond acceptors (Lipinski definition) is 3. The Balaban J connectivity index is 0.000000845. The highest BCUT2D eigenvalue weighted by molar-refractivity contribution is 5.85. The molecular weight excluding hydrogens is 188 g/mol. The molecule has 0 saturated carbocycles. The molecule has 2 aromatic rings. The van der Waals surface area contributed by atoms with Crippen LogP contribution in [0.3, 0.4) is 0 Å². The Hall–Kier alpha value is -1.35. The van der Waals surface area contributed by atoms with Crippen molar-refractivity contribution in [2.45, 2.75) is 0 Å². The van der Waals surface area contributed by atoms with Crippen molar-refractivity contribution in [1.29, 1.82) is 0 Å². The first-order chi connectivity index (χ1) is 5.90. The number of nitrogens with zero attached hydrogens (tertiary/aromatic N) is 2. The maximum atomic E-state index is 4.90. The molecule has 3 nitrogen and oxygen atoms in total. The number of methoxy groups -OCH3 is 1. The Morgan fingerprint density at radius 2 is 2.00 bits per heavy atom. The molecule has 1 heterocycles. The van der Waals surface area contributed by atoms with Gasteiger partial charge < -0.3 is 4.74 Å². The highest BCUT2D eigenvalue weighted by Gasteiger charge is 1.96. The first-order valence-electron chi connectivity index (χ1n) is 3.66. The van der Waals surface area contributed by atoms with Crippen molar-refractivity contribution < 1.29 is 4.74 Å². The van der Waals surface area contributed by atoms with E-state index in [0.717, 1.165) is 10.9 Å². The van der Waals surface area contributed by atoms with E-state index in [1.54, 1.807) is 13.3 Å². The van der Waals surface area contributed by atoms with Gasteiger partial charge in [0.1, 0.15) is 0 Å². The van der Waals surface area contributed by atoms with Crippen molar-refractivity contribution in [3.8, 4) is 6.01 Å². The van der Waals surface area contributed by atoms with Crippen LogP contribution in [-0.4, -0.2) is 17.1 Å². The summed E-state index contributed by atoms with van der Waals surface area (Å²) in [6.07, 6.45) is 1.75. The highest BCUT2D eigenvalue weighted by atomic mass is 35.5. The van der Waals surface area contributed by atoms with E-state index in [0.29, 0.717) is 6.01 Å². The van der Waals surface area contributed by atoms with E-state index in [2.05, 4.69) is 9.97 Å². The summed E-state index contributed by atoms with van der Waals surface area (Å²) in [4.78, 5) is 8.15. The quantitative estimate of drug-likeness (QED) is 0.701. The lowest BCUT2D eigenvalue weighted by Crippen LogP contribution is -1.90. The van der Waals surface area contributed by atoms with Crippen molar-refractivity contribution in [1.82, 2.24) is 9.97 Å². The maximum Gasteiger partial charge on any atom is 0.316 e. The molecule has 1 aromatic carbocycles. The summed E-state index contributed by atoms with van der Waals surface area (Å²) >= 11 is 0. The third-order valence-electron chi connectivity index (χ3n) is 1.65. The normalized spacial score (nSPS) is 9.31. The Kier molecular flexibility index (Phi) is 3.03. The minimum atomic E-state index is 0. The van der Waals surface area contributed by atoms with Gasteiger partial charge in [-0.05, 0) is 6.07 Å². The predicted molar refractivity (Wildman–Crippen MR) is 53.3 cm³/mol. The molecule has 0 spiro atoms. The molecule has 68 valence electrons. The summed E-state index contributed by atoms with van der Waals surface area (Å²) < 4.78 is 4.90. The van der Waals surface area contributed by atoms with E-state index in [1.165, 1.54) is 0 Å². The molecule has 0 atom stereocenters. The lowest BCUT2D eigenvalue weighted by Gasteiger charge is -1.98. The summed E-state index contributed by atoms with van der Waals surface area (Å²) in [7, 11) is 1.56. The van der Waals surface area contributed by atoms with Gasteiger partial charge in [0, 0.05) is 11.6 Å². The van der Waals surface area contributed by atoms with Gasteiger partial charge >= 0.3 is 6.01 Å². The van der Waals surface area contributed by atoms with E-state index >= 15 is 0 Å². The molecule has 4 heteroatoms. The Bertz CT molecular complexity index is 405. The van der Waals surface area contributed by atoms with Gasteiger partial charge in [0.15, 0.2) is 0 Å². The number of rotatable bonds is 1. The van der Waals surface area contributed by atoms with Gasteiger partial charge in [-0.25, -0.2) is 4.98 Å². The van der Waals surface area contributed by atoms with Crippen LogP contribution in [0.2, 0.25) is 0 Å². The zero-order chi connectivity index (χ0) is 8.39. The molecule has 0 aliphatic rings. The van der Waals surface area contributed by atoms with Gasteiger partial charge in [-0.3, -0.25) is 0 Å². The van der Waals surface area contributed by atoms with Crippen LogP contribution in [0.1, 0.15) is 0 Å². The van der Waals surface area contributed by atoms with Crippen molar-refractivity contribution in [2.75, 3.05) is 7.11 Å². The second-order valence-electron chi connectivity index (χ2n) is 2.42. The van der Waals surface area contributed by atoms with Gasteiger partial charge in [-0.1, -0.05) is 18.2 Å². The van der Waals surface area contributed by atoms with Crippen LogP contribution >= 0.6 is 12.4 Å². The Morgan fingerprint density at radius 1 is 1.23 bits per heavy atom. The number of benzene rings is 1. The monoisotopic (exact) mass is 196 g/mol. The predicted octanol–water partition coefficient (Wildman–Crippen LogP) is 2.06. The molecule has 0 unspecified atom stereocenters. The fraction of sp³-hybridized carbons (Fsp3) is 0.111. The molecule has 0 fully saturated rings. The lowest BCUT2D eigenvalue weighted by atomic mass is 10.2. The summed E-state index contributed by atoms with van der Waals surface area (Å²) in [5, 5.41) is 1.03. The first kappa shape index (κ1) is 9.74. The molecule has 0 aliphatic heterocycles. The van der Waals surface area contributed by atoms with E-state index < -0.39 is 0 Å². The van der Waals surface area contributed by atoms with E-state index in [1.807, 2.05) is 24.3 Å². The molecule has 0 aliphatic carbocycles. The topological polar surface area (TPSA) is 35.0 Å². The fourth-order valence-electron chi connectivity index (χ4n) is 1.05. The number of fused-ring (bicyclic) bond motifs is 1. The van der Waals surface area contributed by atoms with Gasteiger partial charge in [0.2, 0.25) is 0 Å². The number of aromatic nitrogens is 2. The van der Waals surface area contributed by atoms with Crippen LogP contribution in [0, 0.1) is 0 Å². The Morgan fingerprint density at radius 3 is 2.77 bits per heavy atom. The van der Waals surface area contributed by atoms with Crippen LogP contribution in [0.15, 0.2) is 30.5 Å². The van der Waals surface area contributed by atoms with E-state index in [-0.39, 0.29) is 12.4 Å². The van der Waals surface area contributed by atoms with Crippen molar-refractivity contribution in [2.24, 2.45) is 0 Å². The molecular formula is C9H9ClN2O. The van der Waals surface area contributed by atoms with Crippen LogP contribution in [0.5, 0.6) is 6.01 Å². The Labute approximate surface area is 82.2 Å². The minimum absolute atomic E-state index is 0. The van der Waals surface area contributed by atoms with Crippen LogP contribution in [0.25, 0.3) is 10.9 Å². The molecule has 0 saturated heterocycles. The number of hydrogen-bond donors (Lipinski definition) is 0. The van der Waals surface area contributed by atoms with Gasteiger partial charge in [0.05, 0.1) is 12.6 Å². The smallest absolute Gasteiger partial charge is 0.316 e. The standard InChI is InChI=1S/C9H8N2O.ClH/c1-12-9-10-6-7-4-2-3-5-8(7)11-9;/h2-6H,1H3;1H. The zero-order valence-electron chi connectivity index (χ0n) is 7.10. The molecule has 1 aromatic heterocycles. The van der Waals surface area contributed by atoms with Crippen molar-refractivity contribution >= 4 is 23.3 Å². The molecule has 2 rings (SSSR count). The zero-order valence-corrected chi connectivity index (χ0v) is 7.91. The number of halogens is 1. The second-order valence-corrected chi connectivity index (χ2v) is 2.42.